The van der Waals surface area contributed by atoms with E-state index in [0.29, 0.717) is 5.56 Å². The van der Waals surface area contributed by atoms with Crippen LogP contribution in [0.3, 0.4) is 0 Å². The first kappa shape index (κ1) is 12.3. The van der Waals surface area contributed by atoms with Crippen molar-refractivity contribution >= 4 is 11.8 Å². The lowest BCUT2D eigenvalue weighted by Gasteiger charge is -2.25. The van der Waals surface area contributed by atoms with E-state index in [1.54, 1.807) is 18.2 Å². The quantitative estimate of drug-likeness (QED) is 0.753. The maximum Gasteiger partial charge on any atom is 0.142 e. The van der Waals surface area contributed by atoms with Crippen molar-refractivity contribution in [3.05, 3.63) is 83.4 Å². The average Bonchev–Trinajstić information content (AvgIpc) is 2.54. The number of fused-ring (bicyclic) bond motifs is 1. The fourth-order valence-corrected chi connectivity index (χ4v) is 2.31. The Bertz CT molecular complexity index is 720. The summed E-state index contributed by atoms with van der Waals surface area (Å²) in [5.74, 6) is 0.804. The van der Waals surface area contributed by atoms with Gasteiger partial charge in [0.1, 0.15) is 11.9 Å². The molecule has 0 radical (unpaired) electrons. The Morgan fingerprint density at radius 1 is 1.10 bits per heavy atom. The molecule has 1 aliphatic heterocycles. The summed E-state index contributed by atoms with van der Waals surface area (Å²) in [4.78, 5) is 0. The van der Waals surface area contributed by atoms with Crippen LogP contribution in [0.2, 0.25) is 0 Å². The lowest BCUT2D eigenvalue weighted by molar-refractivity contribution is 0.214. The van der Waals surface area contributed by atoms with E-state index in [0.717, 1.165) is 22.4 Å². The molecule has 0 saturated carbocycles. The van der Waals surface area contributed by atoms with Crippen LogP contribution in [0.1, 0.15) is 28.4 Å². The Morgan fingerprint density at radius 2 is 1.85 bits per heavy atom. The lowest BCUT2D eigenvalue weighted by Crippen LogP contribution is -2.07. The molecule has 0 aliphatic carbocycles. The third-order valence-corrected chi connectivity index (χ3v) is 3.36. The van der Waals surface area contributed by atoms with Crippen molar-refractivity contribution in [1.82, 2.24) is 0 Å². The second-order valence-electron chi connectivity index (χ2n) is 4.60. The third kappa shape index (κ3) is 2.10. The molecule has 0 N–H and O–H groups in total. The molecule has 1 aliphatic rings. The molecule has 0 spiro atoms. The van der Waals surface area contributed by atoms with Gasteiger partial charge in [-0.15, -0.1) is 0 Å². The molecule has 1 atom stereocenters. The second-order valence-corrected chi connectivity index (χ2v) is 4.60. The monoisotopic (exact) mass is 259 g/mol. The molecule has 0 amide bonds. The molecule has 0 aromatic heterocycles. The lowest BCUT2D eigenvalue weighted by atomic mass is 9.97. The molecule has 2 aromatic rings. The van der Waals surface area contributed by atoms with Crippen molar-refractivity contribution in [2.75, 3.05) is 0 Å². The van der Waals surface area contributed by atoms with Crippen molar-refractivity contribution in [3.63, 3.8) is 0 Å². The van der Waals surface area contributed by atoms with Crippen LogP contribution in [0.15, 0.2) is 61.2 Å². The van der Waals surface area contributed by atoms with Gasteiger partial charge < -0.3 is 4.74 Å². The van der Waals surface area contributed by atoms with Crippen LogP contribution < -0.4 is 0 Å². The zero-order chi connectivity index (χ0) is 13.9. The highest BCUT2D eigenvalue weighted by Crippen LogP contribution is 2.35. The summed E-state index contributed by atoms with van der Waals surface area (Å²) in [6.45, 7) is 3.84. The largest absolute Gasteiger partial charge is 0.481 e. The van der Waals surface area contributed by atoms with E-state index in [1.807, 2.05) is 36.4 Å². The molecular formula is C18H13NO. The molecule has 2 heteroatoms. The molecule has 1 heterocycles. The first-order valence-electron chi connectivity index (χ1n) is 6.42. The summed E-state index contributed by atoms with van der Waals surface area (Å²) in [6, 6.07) is 17.6. The fraction of sp³-hybridized carbons (Fsp3) is 0.0556. The molecule has 0 bridgehead atoms. The van der Waals surface area contributed by atoms with Gasteiger partial charge in [-0.2, -0.15) is 5.26 Å². The van der Waals surface area contributed by atoms with Crippen molar-refractivity contribution in [2.24, 2.45) is 0 Å². The minimum atomic E-state index is -0.137. The number of rotatable bonds is 2. The van der Waals surface area contributed by atoms with Crippen LogP contribution in [0.25, 0.3) is 11.8 Å². The van der Waals surface area contributed by atoms with Gasteiger partial charge >= 0.3 is 0 Å². The van der Waals surface area contributed by atoms with Crippen molar-refractivity contribution in [3.8, 4) is 6.07 Å². The number of ether oxygens (including phenoxy) is 1. The molecule has 20 heavy (non-hydrogen) atoms. The molecule has 2 aromatic carbocycles. The van der Waals surface area contributed by atoms with Crippen molar-refractivity contribution in [2.45, 2.75) is 6.10 Å². The highest BCUT2D eigenvalue weighted by Gasteiger charge is 2.20. The smallest absolute Gasteiger partial charge is 0.142 e. The minimum absolute atomic E-state index is 0.137. The van der Waals surface area contributed by atoms with E-state index >= 15 is 0 Å². The molecule has 2 nitrogen and oxygen atoms in total. The SMILES string of the molecule is C=CC1OC(c2ccc(C#N)cc2)=Cc2ccccc21. The van der Waals surface area contributed by atoms with Gasteiger partial charge in [-0.25, -0.2) is 0 Å². The Labute approximate surface area is 118 Å². The predicted octanol–water partition coefficient (Wildman–Crippen LogP) is 4.31. The molecule has 0 saturated heterocycles. The Morgan fingerprint density at radius 3 is 2.55 bits per heavy atom. The summed E-state index contributed by atoms with van der Waals surface area (Å²) in [6.07, 6.45) is 3.69. The highest BCUT2D eigenvalue weighted by atomic mass is 16.5. The minimum Gasteiger partial charge on any atom is -0.481 e. The number of nitriles is 1. The average molecular weight is 259 g/mol. The first-order chi connectivity index (χ1) is 9.81. The van der Waals surface area contributed by atoms with Gasteiger partial charge in [0.05, 0.1) is 11.6 Å². The molecule has 3 rings (SSSR count). The van der Waals surface area contributed by atoms with Crippen LogP contribution in [0.4, 0.5) is 0 Å². The zero-order valence-corrected chi connectivity index (χ0v) is 10.9. The maximum atomic E-state index is 8.84. The normalized spacial score (nSPS) is 16.4. The van der Waals surface area contributed by atoms with Gasteiger partial charge in [-0.05, 0) is 42.0 Å². The van der Waals surface area contributed by atoms with Crippen LogP contribution in [0.5, 0.6) is 0 Å². The number of hydrogen-bond donors (Lipinski definition) is 0. The molecule has 1 unspecified atom stereocenters. The second kappa shape index (κ2) is 5.07. The topological polar surface area (TPSA) is 33.0 Å². The van der Waals surface area contributed by atoms with Crippen LogP contribution >= 0.6 is 0 Å². The van der Waals surface area contributed by atoms with Gasteiger partial charge in [-0.3, -0.25) is 0 Å². The summed E-state index contributed by atoms with van der Waals surface area (Å²) >= 11 is 0. The van der Waals surface area contributed by atoms with E-state index < -0.39 is 0 Å². The summed E-state index contributed by atoms with van der Waals surface area (Å²) < 4.78 is 5.98. The zero-order valence-electron chi connectivity index (χ0n) is 10.9. The van der Waals surface area contributed by atoms with Gasteiger partial charge in [0.2, 0.25) is 0 Å². The van der Waals surface area contributed by atoms with Crippen molar-refractivity contribution in [1.29, 1.82) is 5.26 Å². The molecule has 96 valence electrons. The van der Waals surface area contributed by atoms with E-state index in [-0.39, 0.29) is 6.10 Å². The van der Waals surface area contributed by atoms with Crippen LogP contribution in [-0.4, -0.2) is 0 Å². The summed E-state index contributed by atoms with van der Waals surface area (Å²) in [7, 11) is 0. The van der Waals surface area contributed by atoms with E-state index in [1.165, 1.54) is 0 Å². The van der Waals surface area contributed by atoms with E-state index in [2.05, 4.69) is 18.7 Å². The predicted molar refractivity (Wildman–Crippen MR) is 79.5 cm³/mol. The van der Waals surface area contributed by atoms with E-state index in [4.69, 9.17) is 10.00 Å². The van der Waals surface area contributed by atoms with Gasteiger partial charge in [-0.1, -0.05) is 30.8 Å². The number of benzene rings is 2. The van der Waals surface area contributed by atoms with Gasteiger partial charge in [0.15, 0.2) is 0 Å². The van der Waals surface area contributed by atoms with Crippen LogP contribution in [-0.2, 0) is 4.74 Å². The first-order valence-corrected chi connectivity index (χ1v) is 6.42. The third-order valence-electron chi connectivity index (χ3n) is 3.36. The standard InChI is InChI=1S/C18H13NO/c1-2-17-16-6-4-3-5-15(16)11-18(20-17)14-9-7-13(12-19)8-10-14/h2-11,17H,1H2. The fourth-order valence-electron chi connectivity index (χ4n) is 2.31. The van der Waals surface area contributed by atoms with Gasteiger partial charge in [0, 0.05) is 11.1 Å². The van der Waals surface area contributed by atoms with E-state index in [9.17, 15) is 0 Å². The van der Waals surface area contributed by atoms with Crippen molar-refractivity contribution < 1.29 is 4.74 Å². The Kier molecular flexibility index (Phi) is 3.10. The molecular weight excluding hydrogens is 246 g/mol. The maximum absolute atomic E-state index is 8.84. The summed E-state index contributed by atoms with van der Waals surface area (Å²) in [5, 5.41) is 8.84. The molecule has 0 fully saturated rings. The Hall–Kier alpha value is -2.79. The number of hydrogen-bond acceptors (Lipinski definition) is 2. The number of nitrogens with zero attached hydrogens (tertiary/aromatic N) is 1. The summed E-state index contributed by atoms with van der Waals surface area (Å²) in [5.41, 5.74) is 3.87. The van der Waals surface area contributed by atoms with Crippen LogP contribution in [0, 0.1) is 11.3 Å². The highest BCUT2D eigenvalue weighted by molar-refractivity contribution is 5.80. The Balaban J connectivity index is 2.05. The van der Waals surface area contributed by atoms with Gasteiger partial charge in [0.25, 0.3) is 0 Å².